The largest absolute Gasteiger partial charge is 0.589 e. The zero-order chi connectivity index (χ0) is 16.4. The quantitative estimate of drug-likeness (QED) is 0.418. The second-order valence-electron chi connectivity index (χ2n) is 4.83. The van der Waals surface area contributed by atoms with E-state index in [1.54, 1.807) is 0 Å². The summed E-state index contributed by atoms with van der Waals surface area (Å²) in [6, 6.07) is 0. The average Bonchev–Trinajstić information content (AvgIpc) is 2.46. The van der Waals surface area contributed by atoms with Crippen LogP contribution in [0.4, 0.5) is 0 Å². The molecule has 0 aromatic rings. The van der Waals surface area contributed by atoms with Crippen molar-refractivity contribution < 1.29 is 70.1 Å². The molecule has 0 aliphatic carbocycles. The molecule has 0 aromatic heterocycles. The van der Waals surface area contributed by atoms with Gasteiger partial charge in [0.25, 0.3) is 58.3 Å². The third kappa shape index (κ3) is 3.11. The van der Waals surface area contributed by atoms with Gasteiger partial charge in [0.1, 0.15) is 0 Å². The molecule has 0 aromatic carbocycles. The first-order chi connectivity index (χ1) is 12.2. The van der Waals surface area contributed by atoms with Crippen molar-refractivity contribution in [2.75, 3.05) is 0 Å². The van der Waals surface area contributed by atoms with Crippen molar-refractivity contribution in [2.45, 2.75) is 58.3 Å². The van der Waals surface area contributed by atoms with Gasteiger partial charge >= 0.3 is 9.53 Å². The van der Waals surface area contributed by atoms with Gasteiger partial charge in [0, 0.05) is 0 Å². The number of fused-ring (bicyclic) bond motifs is 10. The Morgan fingerprint density at radius 3 is 0.720 bits per heavy atom. The third-order valence-electron chi connectivity index (χ3n) is 3.24. The van der Waals surface area contributed by atoms with Crippen LogP contribution >= 0.6 is 0 Å². The maximum Gasteiger partial charge on any atom is 0.589 e. The summed E-state index contributed by atoms with van der Waals surface area (Å²) < 4.78 is 80.7. The van der Waals surface area contributed by atoms with E-state index in [1.165, 1.54) is 0 Å². The topological polar surface area (TPSA) is 138 Å². The summed E-state index contributed by atoms with van der Waals surface area (Å²) in [5.41, 5.74) is 0. The Morgan fingerprint density at radius 2 is 0.480 bits per heavy atom. The highest BCUT2D eigenvalue weighted by Gasteiger charge is 2.51. The number of rotatable bonds is 0. The minimum absolute atomic E-state index is 1.39. The van der Waals surface area contributed by atoms with Gasteiger partial charge in [-0.2, -0.15) is 0 Å². The van der Waals surface area contributed by atoms with E-state index in [2.05, 4.69) is 0 Å². The van der Waals surface area contributed by atoms with E-state index < -0.39 is 67.8 Å². The van der Waals surface area contributed by atoms with Crippen molar-refractivity contribution in [3.63, 3.8) is 0 Å². The summed E-state index contributed by atoms with van der Waals surface area (Å²) in [5.74, 6) is 0. The molecule has 5 aliphatic heterocycles. The first-order valence-corrected chi connectivity index (χ1v) is 8.20. The van der Waals surface area contributed by atoms with Gasteiger partial charge in [-0.1, -0.05) is 0 Å². The van der Waals surface area contributed by atoms with Crippen LogP contribution in [0.1, 0.15) is 0 Å². The lowest BCUT2D eigenvalue weighted by molar-refractivity contribution is -0.639. The summed E-state index contributed by atoms with van der Waals surface area (Å²) in [5, 5.41) is 0. The van der Waals surface area contributed by atoms with Crippen LogP contribution in [0.5, 0.6) is 0 Å². The average molecular weight is 385 g/mol. The number of hydrogen-bond acceptors (Lipinski definition) is 15. The van der Waals surface area contributed by atoms with Crippen LogP contribution in [-0.4, -0.2) is 67.8 Å². The summed E-state index contributed by atoms with van der Waals surface area (Å²) in [7, 11) is -2.59. The van der Waals surface area contributed by atoms with Crippen LogP contribution in [0.25, 0.3) is 0 Å². The fraction of sp³-hybridized carbons (Fsp3) is 1.00. The van der Waals surface area contributed by atoms with Crippen LogP contribution in [-0.2, 0) is 70.1 Å². The van der Waals surface area contributed by atoms with Gasteiger partial charge in [-0.05, 0) is 0 Å². The van der Waals surface area contributed by atoms with Gasteiger partial charge in [-0.15, -0.1) is 0 Å². The zero-order valence-electron chi connectivity index (χ0n) is 11.8. The summed E-state index contributed by atoms with van der Waals surface area (Å²) >= 11 is 0. The Kier molecular flexibility index (Phi) is 3.80. The molecule has 8 unspecified atom stereocenters. The van der Waals surface area contributed by atoms with Gasteiger partial charge in [0.2, 0.25) is 0 Å². The van der Waals surface area contributed by atoms with E-state index in [-0.39, 0.29) is 0 Å². The lowest BCUT2D eigenvalue weighted by Crippen LogP contribution is -2.60. The van der Waals surface area contributed by atoms with Gasteiger partial charge < -0.3 is 13.3 Å². The summed E-state index contributed by atoms with van der Waals surface area (Å²) in [4.78, 5) is 0. The second-order valence-corrected chi connectivity index (χ2v) is 6.04. The highest BCUT2D eigenvalue weighted by molar-refractivity contribution is 6.36. The van der Waals surface area contributed by atoms with Crippen molar-refractivity contribution in [3.8, 4) is 0 Å². The molecule has 1 radical (unpaired) electrons. The van der Waals surface area contributed by atoms with Gasteiger partial charge in [-0.25, -0.2) is 0 Å². The molecule has 139 valence electrons. The van der Waals surface area contributed by atoms with Crippen LogP contribution in [0.3, 0.4) is 0 Å². The highest BCUT2D eigenvalue weighted by Crippen LogP contribution is 2.33. The minimum atomic E-state index is -2.59. The summed E-state index contributed by atoms with van der Waals surface area (Å²) in [6.07, 6.45) is 0. The highest BCUT2D eigenvalue weighted by atomic mass is 28.3. The van der Waals surface area contributed by atoms with Crippen molar-refractivity contribution in [2.24, 2.45) is 0 Å². The molecule has 5 aliphatic rings. The Labute approximate surface area is 139 Å². The molecule has 5 fully saturated rings. The molecule has 8 atom stereocenters. The standard InChI is InChI=1S/C9H9O15Si/c10-1-11-3-15-4-12-2(10)14-6-19-8(17-4)23-25-22-7(16-3)18-5(13-1)20-9(21-6)24-25/h1-9H. The maximum atomic E-state index is 5.47. The van der Waals surface area contributed by atoms with E-state index in [0.29, 0.717) is 0 Å². The molecule has 0 spiro atoms. The maximum absolute atomic E-state index is 5.47. The van der Waals surface area contributed by atoms with Crippen molar-refractivity contribution in [1.82, 2.24) is 0 Å². The smallest absolute Gasteiger partial charge is 0.320 e. The Hall–Kier alpha value is -0.383. The Bertz CT molecular complexity index is 359. The fourth-order valence-corrected chi connectivity index (χ4v) is 3.22. The number of ether oxygens (including phenoxy) is 12. The molecule has 10 bridgehead atoms. The van der Waals surface area contributed by atoms with Gasteiger partial charge in [0.05, 0.1) is 0 Å². The molecule has 5 rings (SSSR count). The first kappa shape index (κ1) is 15.7. The van der Waals surface area contributed by atoms with Crippen molar-refractivity contribution in [1.29, 1.82) is 0 Å². The molecular weight excluding hydrogens is 376 g/mol. The fourth-order valence-electron chi connectivity index (χ4n) is 2.25. The molecule has 0 N–H and O–H groups in total. The molecule has 15 nitrogen and oxygen atoms in total. The van der Waals surface area contributed by atoms with Crippen LogP contribution in [0.15, 0.2) is 0 Å². The van der Waals surface area contributed by atoms with Gasteiger partial charge in [-0.3, -0.25) is 56.8 Å². The molecule has 5 saturated heterocycles. The molecule has 0 amide bonds. The van der Waals surface area contributed by atoms with Crippen LogP contribution in [0.2, 0.25) is 0 Å². The van der Waals surface area contributed by atoms with E-state index in [1.807, 2.05) is 0 Å². The SMILES string of the molecule is O1C2OC3OC4OC1OC1OC(O4)O[Si]4OC(O3)OC(O2)OC(O1)O4. The normalized spacial score (nSPS) is 55.4. The molecule has 16 heteroatoms. The Balaban J connectivity index is 1.45. The second kappa shape index (κ2) is 6.07. The zero-order valence-corrected chi connectivity index (χ0v) is 12.8. The van der Waals surface area contributed by atoms with E-state index in [0.717, 1.165) is 0 Å². The summed E-state index contributed by atoms with van der Waals surface area (Å²) in [6.45, 7) is -12.7. The Morgan fingerprint density at radius 1 is 0.280 bits per heavy atom. The van der Waals surface area contributed by atoms with Crippen molar-refractivity contribution >= 4 is 9.53 Å². The number of hydrogen-bond donors (Lipinski definition) is 0. The third-order valence-corrected chi connectivity index (χ3v) is 4.40. The molecule has 0 saturated carbocycles. The van der Waals surface area contributed by atoms with Gasteiger partial charge in [0.15, 0.2) is 0 Å². The van der Waals surface area contributed by atoms with Crippen molar-refractivity contribution in [3.05, 3.63) is 0 Å². The predicted molar refractivity (Wildman–Crippen MR) is 56.1 cm³/mol. The lowest BCUT2D eigenvalue weighted by Gasteiger charge is -2.45. The molecular formula is C9H9O15Si. The lowest BCUT2D eigenvalue weighted by atomic mass is 10.9. The van der Waals surface area contributed by atoms with E-state index >= 15 is 0 Å². The van der Waals surface area contributed by atoms with Crippen LogP contribution < -0.4 is 0 Å². The first-order valence-electron chi connectivity index (χ1n) is 6.98. The van der Waals surface area contributed by atoms with E-state index in [9.17, 15) is 0 Å². The van der Waals surface area contributed by atoms with E-state index in [4.69, 9.17) is 70.1 Å². The monoisotopic (exact) mass is 385 g/mol. The predicted octanol–water partition coefficient (Wildman–Crippen LogP) is -2.15. The molecule has 5 heterocycles. The minimum Gasteiger partial charge on any atom is -0.320 e. The molecule has 25 heavy (non-hydrogen) atoms. The van der Waals surface area contributed by atoms with Crippen LogP contribution in [0, 0.1) is 0 Å².